The lowest BCUT2D eigenvalue weighted by Crippen LogP contribution is -2.46. The van der Waals surface area contributed by atoms with Crippen LogP contribution in [0, 0.1) is 0 Å². The molecular weight excluding hydrogens is 374 g/mol. The lowest BCUT2D eigenvalue weighted by molar-refractivity contribution is 0.104. The van der Waals surface area contributed by atoms with Gasteiger partial charge in [-0.1, -0.05) is 48.5 Å². The van der Waals surface area contributed by atoms with Crippen LogP contribution >= 0.6 is 0 Å². The summed E-state index contributed by atoms with van der Waals surface area (Å²) < 4.78 is 0. The number of nitrogens with two attached hydrogens (primary N) is 1. The van der Waals surface area contributed by atoms with Gasteiger partial charge in [0.25, 0.3) is 0 Å². The highest BCUT2D eigenvalue weighted by Crippen LogP contribution is 2.45. The summed E-state index contributed by atoms with van der Waals surface area (Å²) in [5.41, 5.74) is 11.3. The van der Waals surface area contributed by atoms with E-state index in [-0.39, 0.29) is 11.7 Å². The first kappa shape index (κ1) is 18.5. The molecule has 2 aliphatic rings. The summed E-state index contributed by atoms with van der Waals surface area (Å²) in [5.74, 6) is 0.143. The van der Waals surface area contributed by atoms with Gasteiger partial charge in [-0.3, -0.25) is 9.69 Å². The number of aromatic nitrogens is 2. The standard InChI is InChI=1S/C24H23N5O/c1-2-11-28-12-14-29(15-13-28)18-10-6-9-17-19(18)22-20(23(17)30)21(26-24(25)27-22)16-7-4-3-5-8-16/h2-10H,1,11-15H2,(H2,25,26,27). The third-order valence-electron chi connectivity index (χ3n) is 5.82. The lowest BCUT2D eigenvalue weighted by atomic mass is 10.0. The molecule has 0 radical (unpaired) electrons. The van der Waals surface area contributed by atoms with Crippen LogP contribution in [0.4, 0.5) is 11.6 Å². The maximum atomic E-state index is 13.4. The van der Waals surface area contributed by atoms with Crippen molar-refractivity contribution in [1.82, 2.24) is 14.9 Å². The molecule has 0 saturated carbocycles. The summed E-state index contributed by atoms with van der Waals surface area (Å²) in [4.78, 5) is 27.1. The molecule has 0 unspecified atom stereocenters. The highest BCUT2D eigenvalue weighted by atomic mass is 16.1. The molecule has 1 fully saturated rings. The van der Waals surface area contributed by atoms with Gasteiger partial charge in [0.1, 0.15) is 0 Å². The van der Waals surface area contributed by atoms with Gasteiger partial charge in [0.2, 0.25) is 5.95 Å². The van der Waals surface area contributed by atoms with E-state index in [1.54, 1.807) is 0 Å². The van der Waals surface area contributed by atoms with Crippen molar-refractivity contribution in [2.75, 3.05) is 43.4 Å². The Labute approximate surface area is 175 Å². The summed E-state index contributed by atoms with van der Waals surface area (Å²) in [5, 5.41) is 0. The summed E-state index contributed by atoms with van der Waals surface area (Å²) in [6.45, 7) is 8.42. The topological polar surface area (TPSA) is 75.3 Å². The normalized spacial score (nSPS) is 15.7. The maximum Gasteiger partial charge on any atom is 0.221 e. The highest BCUT2D eigenvalue weighted by Gasteiger charge is 2.35. The Morgan fingerprint density at radius 1 is 0.933 bits per heavy atom. The molecule has 2 aromatic carbocycles. The molecule has 1 saturated heterocycles. The van der Waals surface area contributed by atoms with E-state index in [0.717, 1.165) is 49.5 Å². The first-order chi connectivity index (χ1) is 14.7. The zero-order valence-electron chi connectivity index (χ0n) is 16.7. The number of piperazine rings is 1. The molecule has 2 N–H and O–H groups in total. The van der Waals surface area contributed by atoms with Gasteiger partial charge in [-0.05, 0) is 6.07 Å². The van der Waals surface area contributed by atoms with Crippen molar-refractivity contribution in [2.24, 2.45) is 0 Å². The minimum atomic E-state index is -0.0361. The Kier molecular flexibility index (Phi) is 4.56. The largest absolute Gasteiger partial charge is 0.368 e. The highest BCUT2D eigenvalue weighted by molar-refractivity contribution is 6.25. The quantitative estimate of drug-likeness (QED) is 0.533. The SMILES string of the molecule is C=CCN1CCN(c2cccc3c2-c2nc(N)nc(-c4ccccc4)c2C3=O)CC1. The van der Waals surface area contributed by atoms with E-state index < -0.39 is 0 Å². The molecule has 6 nitrogen and oxygen atoms in total. The van der Waals surface area contributed by atoms with Crippen LogP contribution in [0.2, 0.25) is 0 Å². The van der Waals surface area contributed by atoms with Crippen LogP contribution in [0.5, 0.6) is 0 Å². The first-order valence-electron chi connectivity index (χ1n) is 10.2. The molecule has 0 spiro atoms. The lowest BCUT2D eigenvalue weighted by Gasteiger charge is -2.36. The number of fused-ring (bicyclic) bond motifs is 3. The zero-order valence-corrected chi connectivity index (χ0v) is 16.7. The number of nitrogens with zero attached hydrogens (tertiary/aromatic N) is 4. The van der Waals surface area contributed by atoms with E-state index in [4.69, 9.17) is 5.73 Å². The number of carbonyl (C=O) groups is 1. The molecule has 1 aliphatic carbocycles. The van der Waals surface area contributed by atoms with Crippen LogP contribution in [0.25, 0.3) is 22.5 Å². The van der Waals surface area contributed by atoms with Crippen molar-refractivity contribution in [3.05, 3.63) is 72.3 Å². The Balaban J connectivity index is 1.62. The molecule has 1 aromatic heterocycles. The molecule has 3 aromatic rings. The average Bonchev–Trinajstić information content (AvgIpc) is 3.07. The third-order valence-corrected chi connectivity index (χ3v) is 5.82. The Morgan fingerprint density at radius 2 is 1.67 bits per heavy atom. The monoisotopic (exact) mass is 397 g/mol. The molecule has 150 valence electrons. The number of benzene rings is 2. The van der Waals surface area contributed by atoms with Gasteiger partial charge in [0.15, 0.2) is 5.78 Å². The van der Waals surface area contributed by atoms with Crippen LogP contribution in [-0.4, -0.2) is 53.4 Å². The number of hydrogen-bond donors (Lipinski definition) is 1. The van der Waals surface area contributed by atoms with Crippen LogP contribution < -0.4 is 10.6 Å². The molecule has 1 aliphatic heterocycles. The smallest absolute Gasteiger partial charge is 0.221 e. The zero-order chi connectivity index (χ0) is 20.7. The summed E-state index contributed by atoms with van der Waals surface area (Å²) in [6, 6.07) is 15.6. The van der Waals surface area contributed by atoms with E-state index in [2.05, 4.69) is 32.4 Å². The molecular formula is C24H23N5O. The maximum absolute atomic E-state index is 13.4. The second-order valence-corrected chi connectivity index (χ2v) is 7.63. The van der Waals surface area contributed by atoms with Gasteiger partial charge >= 0.3 is 0 Å². The van der Waals surface area contributed by atoms with Crippen LogP contribution in [-0.2, 0) is 0 Å². The second kappa shape index (κ2) is 7.39. The van der Waals surface area contributed by atoms with Gasteiger partial charge in [0.05, 0.1) is 17.0 Å². The summed E-state index contributed by atoms with van der Waals surface area (Å²) in [6.07, 6.45) is 1.94. The predicted octanol–water partition coefficient (Wildman–Crippen LogP) is 3.25. The second-order valence-electron chi connectivity index (χ2n) is 7.63. The van der Waals surface area contributed by atoms with Crippen molar-refractivity contribution in [2.45, 2.75) is 0 Å². The Hall–Kier alpha value is -3.51. The van der Waals surface area contributed by atoms with Crippen molar-refractivity contribution < 1.29 is 4.79 Å². The van der Waals surface area contributed by atoms with Crippen molar-refractivity contribution >= 4 is 17.4 Å². The van der Waals surface area contributed by atoms with Gasteiger partial charge in [-0.15, -0.1) is 6.58 Å². The van der Waals surface area contributed by atoms with Gasteiger partial charge in [-0.2, -0.15) is 0 Å². The fourth-order valence-electron chi connectivity index (χ4n) is 4.41. The fraction of sp³-hybridized carbons (Fsp3) is 0.208. The van der Waals surface area contributed by atoms with E-state index in [9.17, 15) is 4.79 Å². The number of rotatable bonds is 4. The predicted molar refractivity (Wildman–Crippen MR) is 120 cm³/mol. The number of carbonyl (C=O) groups excluding carboxylic acids is 1. The number of hydrogen-bond acceptors (Lipinski definition) is 6. The molecule has 0 amide bonds. The third kappa shape index (κ3) is 2.97. The van der Waals surface area contributed by atoms with Crippen LogP contribution in [0.3, 0.4) is 0 Å². The van der Waals surface area contributed by atoms with Gasteiger partial charge in [-0.25, -0.2) is 9.97 Å². The van der Waals surface area contributed by atoms with E-state index in [0.29, 0.717) is 22.5 Å². The number of anilines is 2. The van der Waals surface area contributed by atoms with Gasteiger partial charge in [0, 0.05) is 55.1 Å². The van der Waals surface area contributed by atoms with Crippen molar-refractivity contribution in [3.63, 3.8) is 0 Å². The van der Waals surface area contributed by atoms with Crippen LogP contribution in [0.1, 0.15) is 15.9 Å². The minimum absolute atomic E-state index is 0.0361. The number of nitrogen functional groups attached to an aromatic ring is 1. The molecule has 0 bridgehead atoms. The fourth-order valence-corrected chi connectivity index (χ4v) is 4.41. The van der Waals surface area contributed by atoms with Crippen LogP contribution in [0.15, 0.2) is 61.2 Å². The van der Waals surface area contributed by atoms with E-state index in [1.807, 2.05) is 48.5 Å². The van der Waals surface area contributed by atoms with E-state index in [1.165, 1.54) is 0 Å². The summed E-state index contributed by atoms with van der Waals surface area (Å²) >= 11 is 0. The molecule has 6 heteroatoms. The molecule has 2 heterocycles. The van der Waals surface area contributed by atoms with Crippen molar-refractivity contribution in [3.8, 4) is 22.5 Å². The molecule has 5 rings (SSSR count). The first-order valence-corrected chi connectivity index (χ1v) is 10.2. The van der Waals surface area contributed by atoms with Crippen molar-refractivity contribution in [1.29, 1.82) is 0 Å². The Morgan fingerprint density at radius 3 is 2.40 bits per heavy atom. The average molecular weight is 397 g/mol. The summed E-state index contributed by atoms with van der Waals surface area (Å²) in [7, 11) is 0. The Bertz CT molecular complexity index is 1130. The molecule has 0 atom stereocenters. The molecule has 30 heavy (non-hydrogen) atoms. The number of ketones is 1. The minimum Gasteiger partial charge on any atom is -0.368 e. The van der Waals surface area contributed by atoms with Gasteiger partial charge < -0.3 is 10.6 Å². The van der Waals surface area contributed by atoms with E-state index >= 15 is 0 Å².